The van der Waals surface area contributed by atoms with Crippen LogP contribution in [0.2, 0.25) is 0 Å². The molecule has 0 bridgehead atoms. The van der Waals surface area contributed by atoms with Gasteiger partial charge in [-0.25, -0.2) is 9.59 Å². The van der Waals surface area contributed by atoms with Gasteiger partial charge in [0.15, 0.2) is 0 Å². The van der Waals surface area contributed by atoms with Crippen molar-refractivity contribution in [2.75, 3.05) is 0 Å². The Morgan fingerprint density at radius 1 is 0.550 bits per heavy atom. The Balaban J connectivity index is 0.000000212. The standard InChI is InChI=1S/C12H8.2CH2O3/c1-2-6-10-9(5-1)11-7-3-4-8-12(10)11;2*2-1(3)4/h1-8H;2*(H2,2,3,4). The molecule has 0 aromatic heterocycles. The van der Waals surface area contributed by atoms with Gasteiger partial charge in [0.25, 0.3) is 0 Å². The number of fused-ring (bicyclic) bond motifs is 4. The Bertz CT molecular complexity index is 501. The van der Waals surface area contributed by atoms with Gasteiger partial charge in [0.2, 0.25) is 0 Å². The first kappa shape index (κ1) is 15.0. The molecule has 0 aliphatic heterocycles. The molecule has 0 spiro atoms. The molecule has 0 saturated carbocycles. The Hall–Kier alpha value is -3.02. The summed E-state index contributed by atoms with van der Waals surface area (Å²) in [6.07, 6.45) is -3.67. The number of carbonyl (C=O) groups is 2. The van der Waals surface area contributed by atoms with Crippen LogP contribution in [0.15, 0.2) is 48.5 Å². The summed E-state index contributed by atoms with van der Waals surface area (Å²) < 4.78 is 0. The van der Waals surface area contributed by atoms with Crippen LogP contribution in [0.3, 0.4) is 0 Å². The molecule has 0 atom stereocenters. The highest BCUT2D eigenvalue weighted by Gasteiger charge is 2.19. The van der Waals surface area contributed by atoms with Gasteiger partial charge in [-0.05, 0) is 22.3 Å². The average Bonchev–Trinajstić information content (AvgIpc) is 2.34. The number of benzene rings is 2. The average molecular weight is 276 g/mol. The maximum absolute atomic E-state index is 8.56. The molecule has 0 heterocycles. The summed E-state index contributed by atoms with van der Waals surface area (Å²) >= 11 is 0. The second-order valence-corrected chi connectivity index (χ2v) is 3.66. The molecular formula is C14H12O6. The van der Waals surface area contributed by atoms with Crippen molar-refractivity contribution in [1.29, 1.82) is 0 Å². The Labute approximate surface area is 114 Å². The predicted molar refractivity (Wildman–Crippen MR) is 72.2 cm³/mol. The minimum absolute atomic E-state index is 1.40. The third-order valence-electron chi connectivity index (χ3n) is 2.43. The van der Waals surface area contributed by atoms with Crippen LogP contribution >= 0.6 is 0 Å². The second kappa shape index (κ2) is 6.79. The van der Waals surface area contributed by atoms with E-state index in [1.54, 1.807) is 0 Å². The lowest BCUT2D eigenvalue weighted by atomic mass is 9.81. The summed E-state index contributed by atoms with van der Waals surface area (Å²) in [6.45, 7) is 0. The topological polar surface area (TPSA) is 115 Å². The van der Waals surface area contributed by atoms with E-state index in [9.17, 15) is 0 Å². The van der Waals surface area contributed by atoms with E-state index in [4.69, 9.17) is 30.0 Å². The van der Waals surface area contributed by atoms with Crippen LogP contribution < -0.4 is 0 Å². The fraction of sp³-hybridized carbons (Fsp3) is 0. The summed E-state index contributed by atoms with van der Waals surface area (Å²) in [4.78, 5) is 17.1. The molecule has 6 nitrogen and oxygen atoms in total. The first-order chi connectivity index (χ1) is 9.43. The smallest absolute Gasteiger partial charge is 0.450 e. The Morgan fingerprint density at radius 2 is 0.700 bits per heavy atom. The molecule has 104 valence electrons. The molecule has 1 aliphatic rings. The summed E-state index contributed by atoms with van der Waals surface area (Å²) in [5.74, 6) is 0. The molecule has 0 fully saturated rings. The van der Waals surface area contributed by atoms with Crippen molar-refractivity contribution >= 4 is 12.3 Å². The van der Waals surface area contributed by atoms with Crippen LogP contribution in [0.4, 0.5) is 9.59 Å². The van der Waals surface area contributed by atoms with Crippen LogP contribution in [0.5, 0.6) is 0 Å². The zero-order valence-corrected chi connectivity index (χ0v) is 10.2. The largest absolute Gasteiger partial charge is 0.503 e. The first-order valence-electron chi connectivity index (χ1n) is 5.46. The maximum atomic E-state index is 8.56. The van der Waals surface area contributed by atoms with Gasteiger partial charge in [-0.1, -0.05) is 48.5 Å². The molecule has 20 heavy (non-hydrogen) atoms. The van der Waals surface area contributed by atoms with E-state index in [0.717, 1.165) is 0 Å². The van der Waals surface area contributed by atoms with Gasteiger partial charge in [0, 0.05) is 0 Å². The molecule has 3 rings (SSSR count). The normalized spacial score (nSPS) is 9.20. The molecule has 1 aliphatic carbocycles. The molecule has 6 heteroatoms. The van der Waals surface area contributed by atoms with Gasteiger partial charge in [-0.15, -0.1) is 0 Å². The van der Waals surface area contributed by atoms with Crippen molar-refractivity contribution in [2.24, 2.45) is 0 Å². The third kappa shape index (κ3) is 4.02. The minimum atomic E-state index is -1.83. The van der Waals surface area contributed by atoms with Gasteiger partial charge in [0.05, 0.1) is 0 Å². The fourth-order valence-electron chi connectivity index (χ4n) is 1.84. The molecule has 4 N–H and O–H groups in total. The molecule has 2 aromatic rings. The molecule has 0 unspecified atom stereocenters. The van der Waals surface area contributed by atoms with Gasteiger partial charge in [-0.3, -0.25) is 0 Å². The number of hydrogen-bond acceptors (Lipinski definition) is 2. The van der Waals surface area contributed by atoms with E-state index in [-0.39, 0.29) is 0 Å². The Morgan fingerprint density at radius 3 is 0.850 bits per heavy atom. The van der Waals surface area contributed by atoms with Crippen LogP contribution in [0.1, 0.15) is 0 Å². The molecule has 0 amide bonds. The quantitative estimate of drug-likeness (QED) is 0.496. The van der Waals surface area contributed by atoms with Crippen molar-refractivity contribution in [3.05, 3.63) is 48.5 Å². The summed E-state index contributed by atoms with van der Waals surface area (Å²) in [6, 6.07) is 17.1. The zero-order chi connectivity index (χ0) is 15.1. The zero-order valence-electron chi connectivity index (χ0n) is 10.2. The predicted octanol–water partition coefficient (Wildman–Crippen LogP) is 3.78. The van der Waals surface area contributed by atoms with E-state index in [1.807, 2.05) is 0 Å². The van der Waals surface area contributed by atoms with E-state index in [2.05, 4.69) is 48.5 Å². The van der Waals surface area contributed by atoms with Gasteiger partial charge in [0.1, 0.15) is 0 Å². The van der Waals surface area contributed by atoms with Crippen LogP contribution in [-0.2, 0) is 0 Å². The highest BCUT2D eigenvalue weighted by atomic mass is 16.6. The maximum Gasteiger partial charge on any atom is 0.503 e. The highest BCUT2D eigenvalue weighted by Crippen LogP contribution is 2.46. The molecule has 0 radical (unpaired) electrons. The third-order valence-corrected chi connectivity index (χ3v) is 2.43. The van der Waals surface area contributed by atoms with Crippen LogP contribution in [-0.4, -0.2) is 32.7 Å². The summed E-state index contributed by atoms with van der Waals surface area (Å²) in [5, 5.41) is 27.9. The van der Waals surface area contributed by atoms with Crippen molar-refractivity contribution < 1.29 is 30.0 Å². The lowest BCUT2D eigenvalue weighted by Crippen LogP contribution is -1.96. The minimum Gasteiger partial charge on any atom is -0.450 e. The van der Waals surface area contributed by atoms with Crippen LogP contribution in [0, 0.1) is 0 Å². The van der Waals surface area contributed by atoms with Crippen LogP contribution in [0.25, 0.3) is 22.3 Å². The number of hydrogen-bond donors (Lipinski definition) is 4. The summed E-state index contributed by atoms with van der Waals surface area (Å²) in [5.41, 5.74) is 5.59. The fourth-order valence-corrected chi connectivity index (χ4v) is 1.84. The number of rotatable bonds is 0. The molecule has 2 aromatic carbocycles. The SMILES string of the molecule is O=C(O)O.O=C(O)O.c1ccc2c(c1)-c1ccccc1-2. The van der Waals surface area contributed by atoms with Gasteiger partial charge in [-0.2, -0.15) is 0 Å². The van der Waals surface area contributed by atoms with E-state index in [0.29, 0.717) is 0 Å². The summed E-state index contributed by atoms with van der Waals surface area (Å²) in [7, 11) is 0. The van der Waals surface area contributed by atoms with E-state index < -0.39 is 12.3 Å². The lowest BCUT2D eigenvalue weighted by Gasteiger charge is -2.22. The van der Waals surface area contributed by atoms with Crippen molar-refractivity contribution in [3.8, 4) is 22.3 Å². The highest BCUT2D eigenvalue weighted by molar-refractivity contribution is 6.02. The monoisotopic (exact) mass is 276 g/mol. The van der Waals surface area contributed by atoms with E-state index >= 15 is 0 Å². The van der Waals surface area contributed by atoms with Gasteiger partial charge >= 0.3 is 12.3 Å². The van der Waals surface area contributed by atoms with Crippen molar-refractivity contribution in [3.63, 3.8) is 0 Å². The van der Waals surface area contributed by atoms with Gasteiger partial charge < -0.3 is 20.4 Å². The van der Waals surface area contributed by atoms with E-state index in [1.165, 1.54) is 22.3 Å². The molecule has 0 saturated heterocycles. The second-order valence-electron chi connectivity index (χ2n) is 3.66. The van der Waals surface area contributed by atoms with Crippen molar-refractivity contribution in [1.82, 2.24) is 0 Å². The van der Waals surface area contributed by atoms with Crippen molar-refractivity contribution in [2.45, 2.75) is 0 Å². The molecular weight excluding hydrogens is 264 g/mol. The first-order valence-corrected chi connectivity index (χ1v) is 5.46. The Kier molecular flexibility index (Phi) is 5.11. The lowest BCUT2D eigenvalue weighted by molar-refractivity contribution is 0.135. The number of carboxylic acid groups (broad SMARTS) is 4.